The van der Waals surface area contributed by atoms with Crippen LogP contribution in [0.2, 0.25) is 0 Å². The summed E-state index contributed by atoms with van der Waals surface area (Å²) in [6, 6.07) is 10.6. The maximum atomic E-state index is 16.8. The van der Waals surface area contributed by atoms with Crippen molar-refractivity contribution in [1.82, 2.24) is 0 Å². The van der Waals surface area contributed by atoms with Crippen LogP contribution in [0.4, 0.5) is 65.9 Å². The molecule has 0 aliphatic carbocycles. The molecular weight excluding hydrogens is 856 g/mol. The maximum Gasteiger partial charge on any atom is 0.636 e. The molecule has 0 aliphatic rings. The molecule has 0 radical (unpaired) electrons. The molecule has 0 atom stereocenters. The van der Waals surface area contributed by atoms with Crippen LogP contribution in [0.5, 0.6) is 11.5 Å². The van der Waals surface area contributed by atoms with E-state index in [1.807, 2.05) is 0 Å². The summed E-state index contributed by atoms with van der Waals surface area (Å²) in [7, 11) is -3.16. The minimum atomic E-state index is -3.16. The molecule has 0 saturated heterocycles. The molecule has 308 valence electrons. The molecule has 0 bridgehead atoms. The summed E-state index contributed by atoms with van der Waals surface area (Å²) < 4.78 is 247. The van der Waals surface area contributed by atoms with Crippen LogP contribution in [-0.2, 0) is 0 Å². The van der Waals surface area contributed by atoms with Crippen LogP contribution in [0.3, 0.4) is 0 Å². The lowest BCUT2D eigenvalue weighted by atomic mass is 9.73. The highest BCUT2D eigenvalue weighted by atomic mass is 19.2. The van der Waals surface area contributed by atoms with E-state index < -0.39 is 181 Å². The Hall–Kier alpha value is -7.11. The number of rotatable bonds is 5. The van der Waals surface area contributed by atoms with Crippen molar-refractivity contribution in [2.75, 3.05) is 0 Å². The Morgan fingerprint density at radius 2 is 0.726 bits per heavy atom. The summed E-state index contributed by atoms with van der Waals surface area (Å²) in [5.74, 6) is -33.9. The van der Waals surface area contributed by atoms with Gasteiger partial charge in [-0.25, -0.2) is 57.1 Å². The summed E-state index contributed by atoms with van der Waals surface area (Å²) in [5.41, 5.74) is -1.44. The molecule has 2 nitrogen and oxygen atoms in total. The van der Waals surface area contributed by atoms with E-state index in [0.717, 1.165) is 54.6 Å². The second-order valence-corrected chi connectivity index (χ2v) is 14.1. The lowest BCUT2D eigenvalue weighted by Crippen LogP contribution is -2.46. The van der Waals surface area contributed by atoms with Crippen molar-refractivity contribution >= 4 is 88.0 Å². The molecule has 0 spiro atoms. The molecule has 0 N–H and O–H groups in total. The lowest BCUT2D eigenvalue weighted by molar-refractivity contribution is 0.377. The second-order valence-electron chi connectivity index (χ2n) is 14.1. The quantitative estimate of drug-likeness (QED) is 0.0564. The predicted octanol–water partition coefficient (Wildman–Crippen LogP) is 13.1. The molecule has 0 saturated carbocycles. The van der Waals surface area contributed by atoms with Crippen LogP contribution in [0.25, 0.3) is 75.4 Å². The van der Waals surface area contributed by atoms with Gasteiger partial charge in [0.05, 0.1) is 37.8 Å². The average molecular weight is 868 g/mol. The fraction of sp³-hybridized carbons (Fsp3) is 0. The van der Waals surface area contributed by atoms with E-state index in [0.29, 0.717) is 18.2 Å². The Morgan fingerprint density at radius 3 is 1.24 bits per heavy atom. The van der Waals surface area contributed by atoms with E-state index in [4.69, 9.17) is 9.31 Å². The van der Waals surface area contributed by atoms with Crippen LogP contribution < -0.4 is 14.8 Å². The van der Waals surface area contributed by atoms with Crippen molar-refractivity contribution in [1.29, 1.82) is 0 Å². The number of fused-ring (bicyclic) bond motifs is 4. The zero-order chi connectivity index (χ0) is 44.0. The van der Waals surface area contributed by atoms with Crippen LogP contribution in [0.15, 0.2) is 72.8 Å². The minimum Gasteiger partial charge on any atom is -0.519 e. The van der Waals surface area contributed by atoms with E-state index in [1.165, 1.54) is 0 Å². The van der Waals surface area contributed by atoms with Gasteiger partial charge in [-0.1, -0.05) is 42.5 Å². The number of hydrogen-bond donors (Lipinski definition) is 0. The topological polar surface area (TPSA) is 18.5 Å². The van der Waals surface area contributed by atoms with Crippen molar-refractivity contribution in [2.45, 2.75) is 0 Å². The van der Waals surface area contributed by atoms with Crippen molar-refractivity contribution in [2.24, 2.45) is 0 Å². The third kappa shape index (κ3) is 5.11. The fourth-order valence-electron chi connectivity index (χ4n) is 8.15. The van der Waals surface area contributed by atoms with Gasteiger partial charge in [-0.2, -0.15) is 8.78 Å². The van der Waals surface area contributed by atoms with Gasteiger partial charge in [0.15, 0.2) is 46.5 Å². The Balaban J connectivity index is 1.35. The van der Waals surface area contributed by atoms with Gasteiger partial charge in [-0.15, -0.1) is 0 Å². The minimum absolute atomic E-state index is 0.118. The SMILES string of the molecule is Fc1c(F)c(F)c2c(F)c3c(F)cccc3cc2c1OB(Oc1c(F)c(F)c(F)c2c(F)c3c(F)cccc3cc12)c1c(F)c(F)c2c(F)c(F)c3c(F)ccc4ccc1c2c43. The van der Waals surface area contributed by atoms with Crippen molar-refractivity contribution in [3.05, 3.63) is 160 Å². The third-order valence-electron chi connectivity index (χ3n) is 10.8. The average Bonchev–Trinajstić information content (AvgIpc) is 3.24. The first kappa shape index (κ1) is 39.1. The van der Waals surface area contributed by atoms with E-state index in [9.17, 15) is 8.78 Å². The highest BCUT2D eigenvalue weighted by Gasteiger charge is 2.41. The van der Waals surface area contributed by atoms with E-state index >= 15 is 57.1 Å². The number of hydrogen-bond acceptors (Lipinski definition) is 2. The first-order chi connectivity index (χ1) is 29.5. The van der Waals surface area contributed by atoms with Gasteiger partial charge in [-0.05, 0) is 51.9 Å². The molecule has 0 fully saturated rings. The van der Waals surface area contributed by atoms with E-state index in [-0.39, 0.29) is 5.39 Å². The summed E-state index contributed by atoms with van der Waals surface area (Å²) in [6.07, 6.45) is 0. The number of benzene rings is 10. The van der Waals surface area contributed by atoms with Crippen LogP contribution in [-0.4, -0.2) is 7.12 Å². The van der Waals surface area contributed by atoms with Crippen molar-refractivity contribution in [3.8, 4) is 11.5 Å². The first-order valence-electron chi connectivity index (χ1n) is 17.7. The molecule has 10 rings (SSSR count). The highest BCUT2D eigenvalue weighted by molar-refractivity contribution is 6.66. The zero-order valence-electron chi connectivity index (χ0n) is 30.0. The smallest absolute Gasteiger partial charge is 0.519 e. The Bertz CT molecular complexity index is 3520. The largest absolute Gasteiger partial charge is 0.636 e. The Labute approximate surface area is 334 Å². The molecule has 18 heteroatoms. The fourth-order valence-corrected chi connectivity index (χ4v) is 8.15. The molecule has 0 unspecified atom stereocenters. The normalized spacial score (nSPS) is 12.1. The van der Waals surface area contributed by atoms with Crippen LogP contribution >= 0.6 is 0 Å². The van der Waals surface area contributed by atoms with Crippen molar-refractivity contribution in [3.63, 3.8) is 0 Å². The molecule has 62 heavy (non-hydrogen) atoms. The molecule has 10 aromatic carbocycles. The lowest BCUT2D eigenvalue weighted by Gasteiger charge is -2.24. The first-order valence-corrected chi connectivity index (χ1v) is 17.7. The van der Waals surface area contributed by atoms with Crippen molar-refractivity contribution < 1.29 is 75.2 Å². The van der Waals surface area contributed by atoms with Gasteiger partial charge in [-0.3, -0.25) is 0 Å². The monoisotopic (exact) mass is 868 g/mol. The number of halogens is 15. The summed E-state index contributed by atoms with van der Waals surface area (Å²) in [4.78, 5) is 0. The van der Waals surface area contributed by atoms with E-state index in [2.05, 4.69) is 0 Å². The van der Waals surface area contributed by atoms with Gasteiger partial charge < -0.3 is 9.31 Å². The van der Waals surface area contributed by atoms with Gasteiger partial charge in [0.1, 0.15) is 40.6 Å². The van der Waals surface area contributed by atoms with Gasteiger partial charge in [0.2, 0.25) is 11.6 Å². The molecule has 0 aliphatic heterocycles. The Kier molecular flexibility index (Phi) is 8.47. The Morgan fingerprint density at radius 1 is 0.290 bits per heavy atom. The zero-order valence-corrected chi connectivity index (χ0v) is 30.0. The molecule has 0 heterocycles. The molecule has 0 aromatic heterocycles. The van der Waals surface area contributed by atoms with E-state index in [1.54, 1.807) is 0 Å². The molecule has 0 amide bonds. The second kappa shape index (κ2) is 13.4. The standard InChI is InChI=1S/C44H12BF15O2/c46-19-5-1-3-14-11-17-26(31(49)22(14)19)33(51)39(57)41(59)43(17)61-45(62-44-18-12-15-4-2-6-20(47)23(15)32(50)27(18)34(52)40(58)42(44)60)30-16-9-7-13-8-10-21(48)28-24(13)25(16)29(36(54)35(28)53)37(55)38(30)56/h1-12H. The maximum absolute atomic E-state index is 16.8. The molecule has 10 aromatic rings. The van der Waals surface area contributed by atoms with Gasteiger partial charge in [0, 0.05) is 21.5 Å². The summed E-state index contributed by atoms with van der Waals surface area (Å²) >= 11 is 0. The molecular formula is C44H12BF15O2. The predicted molar refractivity (Wildman–Crippen MR) is 199 cm³/mol. The van der Waals surface area contributed by atoms with Gasteiger partial charge in [0.25, 0.3) is 0 Å². The van der Waals surface area contributed by atoms with Gasteiger partial charge >= 0.3 is 7.12 Å². The highest BCUT2D eigenvalue weighted by Crippen LogP contribution is 2.44. The van der Waals surface area contributed by atoms with Crippen LogP contribution in [0.1, 0.15) is 0 Å². The third-order valence-corrected chi connectivity index (χ3v) is 10.8. The van der Waals surface area contributed by atoms with Crippen LogP contribution in [0, 0.1) is 87.3 Å². The summed E-state index contributed by atoms with van der Waals surface area (Å²) in [6.45, 7) is 0. The summed E-state index contributed by atoms with van der Waals surface area (Å²) in [5, 5.41) is -12.9.